The number of benzene rings is 1. The number of amides is 2. The van der Waals surface area contributed by atoms with Gasteiger partial charge in [-0.15, -0.1) is 0 Å². The Morgan fingerprint density at radius 2 is 1.92 bits per heavy atom. The van der Waals surface area contributed by atoms with Crippen LogP contribution in [0.5, 0.6) is 0 Å². The third-order valence-corrected chi connectivity index (χ3v) is 5.05. The number of nitrogens with one attached hydrogen (secondary N) is 1. The SMILES string of the molecule is C=CC(=O)NCc1ccc(C(=O)N2C(C)CC(=O)CC2C2CC2)cc1. The third kappa shape index (κ3) is 3.98. The predicted molar refractivity (Wildman–Crippen MR) is 94.9 cm³/mol. The molecule has 1 aromatic carbocycles. The van der Waals surface area contributed by atoms with Crippen LogP contribution in [0, 0.1) is 5.92 Å². The first-order valence-corrected chi connectivity index (χ1v) is 8.83. The Morgan fingerprint density at radius 1 is 1.24 bits per heavy atom. The first-order valence-electron chi connectivity index (χ1n) is 8.83. The van der Waals surface area contributed by atoms with Gasteiger partial charge in [-0.2, -0.15) is 0 Å². The van der Waals surface area contributed by atoms with Gasteiger partial charge in [-0.3, -0.25) is 14.4 Å². The van der Waals surface area contributed by atoms with Crippen LogP contribution < -0.4 is 5.32 Å². The van der Waals surface area contributed by atoms with Gasteiger partial charge in [0.1, 0.15) is 5.78 Å². The Morgan fingerprint density at radius 3 is 2.52 bits per heavy atom. The Bertz CT molecular complexity index is 691. The molecule has 2 fully saturated rings. The van der Waals surface area contributed by atoms with E-state index in [1.165, 1.54) is 6.08 Å². The maximum absolute atomic E-state index is 13.0. The zero-order chi connectivity index (χ0) is 18.0. The van der Waals surface area contributed by atoms with Crippen LogP contribution in [-0.4, -0.2) is 34.6 Å². The van der Waals surface area contributed by atoms with E-state index in [9.17, 15) is 14.4 Å². The Hall–Kier alpha value is -2.43. The molecular weight excluding hydrogens is 316 g/mol. The van der Waals surface area contributed by atoms with E-state index < -0.39 is 0 Å². The molecule has 0 aromatic heterocycles. The van der Waals surface area contributed by atoms with Crippen LogP contribution in [0.4, 0.5) is 0 Å². The standard InChI is InChI=1S/C20H24N2O3/c1-3-19(24)21-12-14-4-6-16(7-5-14)20(25)22-13(2)10-17(23)11-18(22)15-8-9-15/h3-7,13,15,18H,1,8-12H2,2H3,(H,21,24). The van der Waals surface area contributed by atoms with Crippen molar-refractivity contribution in [1.29, 1.82) is 0 Å². The number of piperidine rings is 1. The van der Waals surface area contributed by atoms with Crippen molar-refractivity contribution in [1.82, 2.24) is 10.2 Å². The molecule has 132 valence electrons. The molecule has 3 rings (SSSR count). The summed E-state index contributed by atoms with van der Waals surface area (Å²) in [5.41, 5.74) is 1.55. The number of rotatable bonds is 5. The highest BCUT2D eigenvalue weighted by Gasteiger charge is 2.43. The summed E-state index contributed by atoms with van der Waals surface area (Å²) >= 11 is 0. The van der Waals surface area contributed by atoms with Crippen molar-refractivity contribution in [3.63, 3.8) is 0 Å². The van der Waals surface area contributed by atoms with E-state index in [4.69, 9.17) is 0 Å². The predicted octanol–water partition coefficient (Wildman–Crippen LogP) is 2.46. The zero-order valence-corrected chi connectivity index (χ0v) is 14.5. The van der Waals surface area contributed by atoms with Gasteiger partial charge in [0.15, 0.2) is 0 Å². The number of nitrogens with zero attached hydrogens (tertiary/aromatic N) is 1. The van der Waals surface area contributed by atoms with Gasteiger partial charge in [0.05, 0.1) is 0 Å². The molecule has 2 amide bonds. The van der Waals surface area contributed by atoms with Gasteiger partial charge in [0.25, 0.3) is 5.91 Å². The van der Waals surface area contributed by atoms with E-state index in [-0.39, 0.29) is 29.7 Å². The highest BCUT2D eigenvalue weighted by atomic mass is 16.2. The van der Waals surface area contributed by atoms with Crippen LogP contribution in [0.3, 0.4) is 0 Å². The second kappa shape index (κ2) is 7.21. The smallest absolute Gasteiger partial charge is 0.254 e. The van der Waals surface area contributed by atoms with Gasteiger partial charge < -0.3 is 10.2 Å². The zero-order valence-electron chi connectivity index (χ0n) is 14.5. The Kier molecular flexibility index (Phi) is 5.02. The molecule has 1 aromatic rings. The van der Waals surface area contributed by atoms with Gasteiger partial charge in [-0.1, -0.05) is 18.7 Å². The van der Waals surface area contributed by atoms with E-state index in [0.717, 1.165) is 18.4 Å². The van der Waals surface area contributed by atoms with Crippen LogP contribution in [0.25, 0.3) is 0 Å². The number of carbonyl (C=O) groups excluding carboxylic acids is 3. The maximum atomic E-state index is 13.0. The Balaban J connectivity index is 1.71. The molecule has 5 nitrogen and oxygen atoms in total. The van der Waals surface area contributed by atoms with Gasteiger partial charge >= 0.3 is 0 Å². The molecule has 2 atom stereocenters. The number of Topliss-reactive ketones (excluding diaryl/α,β-unsaturated/α-hetero) is 1. The normalized spacial score (nSPS) is 23.2. The fraction of sp³-hybridized carbons (Fsp3) is 0.450. The van der Waals surface area contributed by atoms with E-state index >= 15 is 0 Å². The van der Waals surface area contributed by atoms with Crippen molar-refractivity contribution in [3.8, 4) is 0 Å². The first kappa shape index (κ1) is 17.4. The molecule has 0 radical (unpaired) electrons. The molecule has 1 heterocycles. The van der Waals surface area contributed by atoms with Crippen LogP contribution in [0.15, 0.2) is 36.9 Å². The second-order valence-electron chi connectivity index (χ2n) is 7.03. The largest absolute Gasteiger partial charge is 0.348 e. The average molecular weight is 340 g/mol. The van der Waals surface area contributed by atoms with E-state index in [1.54, 1.807) is 12.1 Å². The summed E-state index contributed by atoms with van der Waals surface area (Å²) in [6.07, 6.45) is 4.38. The Labute approximate surface area is 148 Å². The minimum atomic E-state index is -0.223. The summed E-state index contributed by atoms with van der Waals surface area (Å²) in [4.78, 5) is 38.1. The summed E-state index contributed by atoms with van der Waals surface area (Å²) in [5.74, 6) is 0.517. The summed E-state index contributed by atoms with van der Waals surface area (Å²) < 4.78 is 0. The summed E-state index contributed by atoms with van der Waals surface area (Å²) in [6.45, 7) is 5.78. The minimum Gasteiger partial charge on any atom is -0.348 e. The lowest BCUT2D eigenvalue weighted by Crippen LogP contribution is -2.52. The van der Waals surface area contributed by atoms with Crippen molar-refractivity contribution >= 4 is 17.6 Å². The number of ketones is 1. The van der Waals surface area contributed by atoms with Gasteiger partial charge in [0, 0.05) is 37.0 Å². The lowest BCUT2D eigenvalue weighted by molar-refractivity contribution is -0.124. The molecule has 0 spiro atoms. The molecule has 5 heteroatoms. The number of hydrogen-bond acceptors (Lipinski definition) is 3. The lowest BCUT2D eigenvalue weighted by atomic mass is 9.91. The highest BCUT2D eigenvalue weighted by molar-refractivity contribution is 5.96. The van der Waals surface area contributed by atoms with Crippen molar-refractivity contribution in [3.05, 3.63) is 48.0 Å². The van der Waals surface area contributed by atoms with E-state index in [0.29, 0.717) is 30.9 Å². The topological polar surface area (TPSA) is 66.5 Å². The molecule has 25 heavy (non-hydrogen) atoms. The summed E-state index contributed by atoms with van der Waals surface area (Å²) in [5, 5.41) is 2.71. The van der Waals surface area contributed by atoms with Crippen LogP contribution in [-0.2, 0) is 16.1 Å². The number of carbonyl (C=O) groups is 3. The molecule has 1 aliphatic heterocycles. The quantitative estimate of drug-likeness (QED) is 0.837. The molecule has 2 unspecified atom stereocenters. The van der Waals surface area contributed by atoms with Crippen LogP contribution in [0.2, 0.25) is 0 Å². The van der Waals surface area contributed by atoms with Crippen LogP contribution in [0.1, 0.15) is 48.5 Å². The van der Waals surface area contributed by atoms with Gasteiger partial charge in [-0.25, -0.2) is 0 Å². The summed E-state index contributed by atoms with van der Waals surface area (Å²) in [6, 6.07) is 7.29. The monoisotopic (exact) mass is 340 g/mol. The van der Waals surface area contributed by atoms with Crippen molar-refractivity contribution < 1.29 is 14.4 Å². The fourth-order valence-electron chi connectivity index (χ4n) is 3.57. The number of likely N-dealkylation sites (tertiary alicyclic amines) is 1. The highest BCUT2D eigenvalue weighted by Crippen LogP contribution is 2.40. The van der Waals surface area contributed by atoms with Crippen LogP contribution >= 0.6 is 0 Å². The molecule has 2 aliphatic rings. The molecule has 0 bridgehead atoms. The molecule has 1 aliphatic carbocycles. The number of hydrogen-bond donors (Lipinski definition) is 1. The molecule has 1 saturated heterocycles. The first-order chi connectivity index (χ1) is 12.0. The average Bonchev–Trinajstić information content (AvgIpc) is 3.44. The molecule has 1 N–H and O–H groups in total. The second-order valence-corrected chi connectivity index (χ2v) is 7.03. The van der Waals surface area contributed by atoms with Gasteiger partial charge in [0.2, 0.25) is 5.91 Å². The molecule has 1 saturated carbocycles. The molecular formula is C20H24N2O3. The summed E-state index contributed by atoms with van der Waals surface area (Å²) in [7, 11) is 0. The lowest BCUT2D eigenvalue weighted by Gasteiger charge is -2.40. The van der Waals surface area contributed by atoms with E-state index in [1.807, 2.05) is 24.0 Å². The minimum absolute atomic E-state index is 0.00132. The van der Waals surface area contributed by atoms with E-state index in [2.05, 4.69) is 11.9 Å². The fourth-order valence-corrected chi connectivity index (χ4v) is 3.57. The third-order valence-electron chi connectivity index (χ3n) is 5.05. The van der Waals surface area contributed by atoms with Gasteiger partial charge in [-0.05, 0) is 49.5 Å². The van der Waals surface area contributed by atoms with Crippen molar-refractivity contribution in [2.45, 2.75) is 51.2 Å². The van der Waals surface area contributed by atoms with Crippen molar-refractivity contribution in [2.24, 2.45) is 5.92 Å². The van der Waals surface area contributed by atoms with Crippen molar-refractivity contribution in [2.75, 3.05) is 0 Å². The maximum Gasteiger partial charge on any atom is 0.254 e.